The molecule has 0 aliphatic rings. The lowest BCUT2D eigenvalue weighted by Crippen LogP contribution is -2.25. The van der Waals surface area contributed by atoms with Crippen LogP contribution in [0, 0.1) is 0 Å². The molecule has 0 radical (unpaired) electrons. The van der Waals surface area contributed by atoms with Crippen LogP contribution in [-0.4, -0.2) is 16.5 Å². The molecule has 26 heavy (non-hydrogen) atoms. The van der Waals surface area contributed by atoms with Crippen LogP contribution in [0.4, 0.5) is 0 Å². The van der Waals surface area contributed by atoms with Crippen LogP contribution in [0.15, 0.2) is 58.0 Å². The third-order valence-electron chi connectivity index (χ3n) is 4.37. The SMILES string of the molecule is C[C@H](NCCc1ccccc1)c1nc2scc(-c3cccs3)c2c(=O)[nH]1. The van der Waals surface area contributed by atoms with Crippen molar-refractivity contribution in [1.82, 2.24) is 15.3 Å². The van der Waals surface area contributed by atoms with Crippen molar-refractivity contribution in [2.24, 2.45) is 0 Å². The summed E-state index contributed by atoms with van der Waals surface area (Å²) in [6.45, 7) is 2.86. The largest absolute Gasteiger partial charge is 0.309 e. The molecule has 2 N–H and O–H groups in total. The molecule has 0 fully saturated rings. The quantitative estimate of drug-likeness (QED) is 0.513. The predicted molar refractivity (Wildman–Crippen MR) is 110 cm³/mol. The molecular weight excluding hydrogens is 362 g/mol. The first-order valence-corrected chi connectivity index (χ1v) is 10.3. The summed E-state index contributed by atoms with van der Waals surface area (Å²) in [6, 6.07) is 14.4. The molecule has 0 spiro atoms. The molecule has 0 aliphatic heterocycles. The number of H-pyrrole nitrogens is 1. The second-order valence-corrected chi connectivity index (χ2v) is 7.98. The van der Waals surface area contributed by atoms with E-state index in [4.69, 9.17) is 4.98 Å². The highest BCUT2D eigenvalue weighted by Gasteiger charge is 2.16. The number of aromatic amines is 1. The average Bonchev–Trinajstić information content (AvgIpc) is 3.32. The summed E-state index contributed by atoms with van der Waals surface area (Å²) in [5, 5.41) is 8.19. The molecule has 6 heteroatoms. The fraction of sp³-hybridized carbons (Fsp3) is 0.200. The first-order valence-electron chi connectivity index (χ1n) is 8.55. The zero-order chi connectivity index (χ0) is 17.9. The van der Waals surface area contributed by atoms with Gasteiger partial charge in [0, 0.05) is 15.8 Å². The molecule has 4 rings (SSSR count). The Hall–Kier alpha value is -2.28. The summed E-state index contributed by atoms with van der Waals surface area (Å²) < 4.78 is 0. The monoisotopic (exact) mass is 381 g/mol. The van der Waals surface area contributed by atoms with Gasteiger partial charge in [-0.05, 0) is 36.9 Å². The smallest absolute Gasteiger partial charge is 0.260 e. The highest BCUT2D eigenvalue weighted by molar-refractivity contribution is 7.18. The van der Waals surface area contributed by atoms with E-state index in [2.05, 4.69) is 22.4 Å². The van der Waals surface area contributed by atoms with Crippen molar-refractivity contribution in [2.45, 2.75) is 19.4 Å². The van der Waals surface area contributed by atoms with E-state index < -0.39 is 0 Å². The molecule has 1 aromatic carbocycles. The number of rotatable bonds is 6. The standard InChI is InChI=1S/C20H19N3OS2/c1-13(21-10-9-14-6-3-2-4-7-14)18-22-19(24)17-15(12-26-20(17)23-18)16-8-5-11-25-16/h2-8,11-13,21H,9-10H2,1H3,(H,22,23,24)/t13-/m0/s1. The Morgan fingerprint density at radius 3 is 2.77 bits per heavy atom. The highest BCUT2D eigenvalue weighted by atomic mass is 32.1. The maximum absolute atomic E-state index is 12.7. The fourth-order valence-electron chi connectivity index (χ4n) is 2.96. The van der Waals surface area contributed by atoms with E-state index in [1.807, 2.05) is 48.0 Å². The number of benzene rings is 1. The third-order valence-corrected chi connectivity index (χ3v) is 6.14. The van der Waals surface area contributed by atoms with Crippen LogP contribution in [0.2, 0.25) is 0 Å². The Labute approximate surface area is 159 Å². The summed E-state index contributed by atoms with van der Waals surface area (Å²) in [4.78, 5) is 22.2. The van der Waals surface area contributed by atoms with E-state index in [1.165, 1.54) is 16.9 Å². The first-order chi connectivity index (χ1) is 12.7. The van der Waals surface area contributed by atoms with Crippen LogP contribution in [0.25, 0.3) is 20.7 Å². The van der Waals surface area contributed by atoms with E-state index in [-0.39, 0.29) is 11.6 Å². The normalized spacial score (nSPS) is 12.5. The molecule has 0 bridgehead atoms. The predicted octanol–water partition coefficient (Wildman–Crippen LogP) is 4.61. The van der Waals surface area contributed by atoms with Gasteiger partial charge in [-0.25, -0.2) is 4.98 Å². The zero-order valence-corrected chi connectivity index (χ0v) is 16.0. The Morgan fingerprint density at radius 1 is 1.15 bits per heavy atom. The molecule has 3 aromatic heterocycles. The molecule has 0 unspecified atom stereocenters. The first kappa shape index (κ1) is 17.1. The van der Waals surface area contributed by atoms with Gasteiger partial charge in [-0.2, -0.15) is 0 Å². The maximum Gasteiger partial charge on any atom is 0.260 e. The summed E-state index contributed by atoms with van der Waals surface area (Å²) in [5.74, 6) is 0.690. The lowest BCUT2D eigenvalue weighted by atomic mass is 10.1. The molecule has 0 amide bonds. The Kier molecular flexibility index (Phi) is 4.97. The minimum Gasteiger partial charge on any atom is -0.309 e. The van der Waals surface area contributed by atoms with Crippen LogP contribution in [0.1, 0.15) is 24.4 Å². The molecule has 0 saturated heterocycles. The Morgan fingerprint density at radius 2 is 2.00 bits per heavy atom. The van der Waals surface area contributed by atoms with Crippen LogP contribution in [0.5, 0.6) is 0 Å². The highest BCUT2D eigenvalue weighted by Crippen LogP contribution is 2.33. The molecule has 132 valence electrons. The molecular formula is C20H19N3OS2. The van der Waals surface area contributed by atoms with Crippen molar-refractivity contribution in [3.63, 3.8) is 0 Å². The van der Waals surface area contributed by atoms with Gasteiger partial charge < -0.3 is 10.3 Å². The summed E-state index contributed by atoms with van der Waals surface area (Å²) >= 11 is 3.16. The number of nitrogens with one attached hydrogen (secondary N) is 2. The molecule has 4 aromatic rings. The van der Waals surface area contributed by atoms with Crippen LogP contribution in [-0.2, 0) is 6.42 Å². The Bertz CT molecular complexity index is 1050. The summed E-state index contributed by atoms with van der Waals surface area (Å²) in [6.07, 6.45) is 0.944. The van der Waals surface area contributed by atoms with Gasteiger partial charge in [0.2, 0.25) is 0 Å². The number of hydrogen-bond acceptors (Lipinski definition) is 5. The van der Waals surface area contributed by atoms with Crippen molar-refractivity contribution < 1.29 is 0 Å². The van der Waals surface area contributed by atoms with Crippen LogP contribution >= 0.6 is 22.7 Å². The van der Waals surface area contributed by atoms with E-state index >= 15 is 0 Å². The van der Waals surface area contributed by atoms with Crippen molar-refractivity contribution in [1.29, 1.82) is 0 Å². The summed E-state index contributed by atoms with van der Waals surface area (Å²) in [7, 11) is 0. The maximum atomic E-state index is 12.7. The molecule has 0 aliphatic carbocycles. The van der Waals surface area contributed by atoms with Crippen molar-refractivity contribution >= 4 is 32.9 Å². The van der Waals surface area contributed by atoms with Crippen molar-refractivity contribution in [3.8, 4) is 10.4 Å². The van der Waals surface area contributed by atoms with E-state index in [1.54, 1.807) is 11.3 Å². The fourth-order valence-corrected chi connectivity index (χ4v) is 4.73. The molecule has 0 saturated carbocycles. The van der Waals surface area contributed by atoms with E-state index in [0.717, 1.165) is 28.2 Å². The van der Waals surface area contributed by atoms with Gasteiger partial charge in [-0.15, -0.1) is 22.7 Å². The van der Waals surface area contributed by atoms with Gasteiger partial charge in [0.1, 0.15) is 10.7 Å². The number of fused-ring (bicyclic) bond motifs is 1. The summed E-state index contributed by atoms with van der Waals surface area (Å²) in [5.41, 5.74) is 2.21. The second-order valence-electron chi connectivity index (χ2n) is 6.17. The topological polar surface area (TPSA) is 57.8 Å². The third kappa shape index (κ3) is 3.49. The van der Waals surface area contributed by atoms with Gasteiger partial charge >= 0.3 is 0 Å². The molecule has 1 atom stereocenters. The Balaban J connectivity index is 1.53. The molecule has 3 heterocycles. The number of hydrogen-bond donors (Lipinski definition) is 2. The second kappa shape index (κ2) is 7.53. The van der Waals surface area contributed by atoms with Crippen molar-refractivity contribution in [2.75, 3.05) is 6.54 Å². The average molecular weight is 382 g/mol. The van der Waals surface area contributed by atoms with E-state index in [0.29, 0.717) is 11.2 Å². The van der Waals surface area contributed by atoms with Gasteiger partial charge in [0.05, 0.1) is 11.4 Å². The number of aromatic nitrogens is 2. The van der Waals surface area contributed by atoms with Crippen LogP contribution in [0.3, 0.4) is 0 Å². The molecule has 4 nitrogen and oxygen atoms in total. The zero-order valence-electron chi connectivity index (χ0n) is 14.4. The van der Waals surface area contributed by atoms with Gasteiger partial charge in [0.15, 0.2) is 0 Å². The van der Waals surface area contributed by atoms with Gasteiger partial charge in [0.25, 0.3) is 5.56 Å². The van der Waals surface area contributed by atoms with Crippen LogP contribution < -0.4 is 10.9 Å². The number of thiophene rings is 2. The lowest BCUT2D eigenvalue weighted by molar-refractivity contribution is 0.550. The van der Waals surface area contributed by atoms with E-state index in [9.17, 15) is 4.79 Å². The van der Waals surface area contributed by atoms with Gasteiger partial charge in [-0.3, -0.25) is 4.79 Å². The minimum absolute atomic E-state index is 0.0110. The lowest BCUT2D eigenvalue weighted by Gasteiger charge is -2.13. The van der Waals surface area contributed by atoms with Gasteiger partial charge in [-0.1, -0.05) is 36.4 Å². The van der Waals surface area contributed by atoms with Crippen molar-refractivity contribution in [3.05, 3.63) is 75.0 Å². The minimum atomic E-state index is -0.0636. The number of nitrogens with zero attached hydrogens (tertiary/aromatic N) is 1.